The Bertz CT molecular complexity index is 1900. The van der Waals surface area contributed by atoms with Crippen LogP contribution in [0.3, 0.4) is 0 Å². The van der Waals surface area contributed by atoms with Gasteiger partial charge in [-0.25, -0.2) is 40.7 Å². The molecule has 0 aliphatic carbocycles. The Hall–Kier alpha value is -5.13. The van der Waals surface area contributed by atoms with Crippen LogP contribution in [0, 0.1) is 40.7 Å². The van der Waals surface area contributed by atoms with Gasteiger partial charge in [-0.05, 0) is 60.7 Å². The van der Waals surface area contributed by atoms with Crippen molar-refractivity contribution in [3.8, 4) is 39.4 Å². The number of halogens is 9. The molecule has 1 aromatic heterocycles. The molecular formula is C34H21F9N2O. The number of hydrogen-bond donors (Lipinski definition) is 0. The summed E-state index contributed by atoms with van der Waals surface area (Å²) in [5, 5.41) is 0. The average Bonchev–Trinajstić information content (AvgIpc) is 2.99. The highest BCUT2D eigenvalue weighted by molar-refractivity contribution is 5.73. The molecule has 0 N–H and O–H groups in total. The number of aryl methyl sites for hydroxylation is 1. The highest BCUT2D eigenvalue weighted by atomic mass is 19.3. The zero-order valence-electron chi connectivity index (χ0n) is 23.7. The van der Waals surface area contributed by atoms with Crippen molar-refractivity contribution in [2.45, 2.75) is 25.9 Å². The van der Waals surface area contributed by atoms with Crippen molar-refractivity contribution in [3.63, 3.8) is 0 Å². The quantitative estimate of drug-likeness (QED) is 0.0910. The third-order valence-electron chi connectivity index (χ3n) is 6.90. The van der Waals surface area contributed by atoms with Gasteiger partial charge in [0.2, 0.25) is 0 Å². The van der Waals surface area contributed by atoms with Gasteiger partial charge in [0, 0.05) is 41.2 Å². The number of aromatic nitrogens is 2. The van der Waals surface area contributed by atoms with Crippen molar-refractivity contribution in [2.24, 2.45) is 0 Å². The molecule has 46 heavy (non-hydrogen) atoms. The summed E-state index contributed by atoms with van der Waals surface area (Å²) in [4.78, 5) is 8.55. The third-order valence-corrected chi connectivity index (χ3v) is 6.90. The molecule has 4 aromatic carbocycles. The third kappa shape index (κ3) is 6.75. The second-order valence-electron chi connectivity index (χ2n) is 10.0. The minimum absolute atomic E-state index is 0.00432. The maximum atomic E-state index is 15.2. The van der Waals surface area contributed by atoms with Gasteiger partial charge in [0.1, 0.15) is 34.6 Å². The Labute approximate surface area is 256 Å². The number of alkyl halides is 2. The van der Waals surface area contributed by atoms with Gasteiger partial charge < -0.3 is 4.74 Å². The molecule has 1 heterocycles. The molecule has 0 spiro atoms. The van der Waals surface area contributed by atoms with E-state index >= 15 is 8.78 Å². The summed E-state index contributed by atoms with van der Waals surface area (Å²) in [7, 11) is 0. The average molecular weight is 645 g/mol. The van der Waals surface area contributed by atoms with E-state index in [2.05, 4.69) is 14.7 Å². The molecular weight excluding hydrogens is 623 g/mol. The van der Waals surface area contributed by atoms with Crippen molar-refractivity contribution in [1.82, 2.24) is 9.97 Å². The highest BCUT2D eigenvalue weighted by Crippen LogP contribution is 2.39. The summed E-state index contributed by atoms with van der Waals surface area (Å²) in [6.07, 6.45) is 3.99. The fourth-order valence-corrected chi connectivity index (χ4v) is 4.65. The van der Waals surface area contributed by atoms with E-state index in [4.69, 9.17) is 0 Å². The normalized spacial score (nSPS) is 11.8. The number of ether oxygens (including phenoxy) is 1. The van der Waals surface area contributed by atoms with Crippen LogP contribution < -0.4 is 4.74 Å². The van der Waals surface area contributed by atoms with E-state index in [9.17, 15) is 30.7 Å². The van der Waals surface area contributed by atoms with Gasteiger partial charge in [-0.3, -0.25) is 0 Å². The van der Waals surface area contributed by atoms with Crippen LogP contribution in [0.5, 0.6) is 5.75 Å². The van der Waals surface area contributed by atoms with Crippen LogP contribution in [0.4, 0.5) is 39.5 Å². The number of nitrogens with zero attached hydrogens (tertiary/aromatic N) is 2. The number of rotatable bonds is 9. The van der Waals surface area contributed by atoms with Crippen LogP contribution in [-0.4, -0.2) is 9.97 Å². The predicted molar refractivity (Wildman–Crippen MR) is 152 cm³/mol. The first kappa shape index (κ1) is 32.3. The fraction of sp³-hybridized carbons (Fsp3) is 0.118. The van der Waals surface area contributed by atoms with Gasteiger partial charge in [-0.2, -0.15) is 8.78 Å². The Morgan fingerprint density at radius 1 is 0.652 bits per heavy atom. The Balaban J connectivity index is 1.38. The second kappa shape index (κ2) is 13.1. The van der Waals surface area contributed by atoms with Crippen molar-refractivity contribution < 1.29 is 44.3 Å². The standard InChI is InChI=1S/C34H21F9N2O/c1-2-3-4-5-18-16-44-33(45-17-18)20-7-9-23(26(36)11-20)19-6-8-24(25(35)10-19)21-12-27(37)31(28(38)13-21)34(42,43)46-22-14-29(39)32(41)30(40)15-22/h2-3,6-17H,4-5H2,1H3. The molecule has 0 saturated carbocycles. The maximum absolute atomic E-state index is 15.2. The van der Waals surface area contributed by atoms with Crippen molar-refractivity contribution in [1.29, 1.82) is 0 Å². The van der Waals surface area contributed by atoms with Crippen molar-refractivity contribution in [3.05, 3.63) is 137 Å². The Morgan fingerprint density at radius 2 is 1.17 bits per heavy atom. The fourth-order valence-electron chi connectivity index (χ4n) is 4.65. The van der Waals surface area contributed by atoms with Crippen molar-refractivity contribution in [2.75, 3.05) is 0 Å². The summed E-state index contributed by atoms with van der Waals surface area (Å²) in [5.74, 6) is -12.2. The summed E-state index contributed by atoms with van der Waals surface area (Å²) in [6.45, 7) is 1.92. The lowest BCUT2D eigenvalue weighted by molar-refractivity contribution is -0.189. The van der Waals surface area contributed by atoms with Gasteiger partial charge in [0.15, 0.2) is 23.3 Å². The number of allylic oxidation sites excluding steroid dienone is 2. The van der Waals surface area contributed by atoms with E-state index in [1.165, 1.54) is 18.2 Å². The minimum Gasteiger partial charge on any atom is -0.429 e. The van der Waals surface area contributed by atoms with Gasteiger partial charge in [-0.15, -0.1) is 0 Å². The minimum atomic E-state index is -4.81. The molecule has 0 radical (unpaired) electrons. The van der Waals surface area contributed by atoms with Crippen LogP contribution in [0.15, 0.2) is 85.2 Å². The van der Waals surface area contributed by atoms with Gasteiger partial charge in [0.05, 0.1) is 0 Å². The Morgan fingerprint density at radius 3 is 1.74 bits per heavy atom. The largest absolute Gasteiger partial charge is 0.432 e. The zero-order valence-corrected chi connectivity index (χ0v) is 23.7. The summed E-state index contributed by atoms with van der Waals surface area (Å²) in [6, 6.07) is 8.31. The first-order chi connectivity index (χ1) is 21.9. The molecule has 5 aromatic rings. The topological polar surface area (TPSA) is 35.0 Å². The van der Waals surface area contributed by atoms with Crippen LogP contribution in [0.2, 0.25) is 0 Å². The summed E-state index contributed by atoms with van der Waals surface area (Å²) < 4.78 is 133. The first-order valence-electron chi connectivity index (χ1n) is 13.6. The molecule has 0 unspecified atom stereocenters. The van der Waals surface area contributed by atoms with Crippen molar-refractivity contribution >= 4 is 0 Å². The van der Waals surface area contributed by atoms with Crippen LogP contribution >= 0.6 is 0 Å². The second-order valence-corrected chi connectivity index (χ2v) is 10.0. The van der Waals surface area contributed by atoms with Crippen LogP contribution in [-0.2, 0) is 12.5 Å². The molecule has 12 heteroatoms. The molecule has 0 atom stereocenters. The van der Waals surface area contributed by atoms with Crippen LogP contribution in [0.1, 0.15) is 24.5 Å². The van der Waals surface area contributed by atoms with E-state index in [-0.39, 0.29) is 29.1 Å². The maximum Gasteiger partial charge on any atom is 0.432 e. The molecule has 0 bridgehead atoms. The lowest BCUT2D eigenvalue weighted by Crippen LogP contribution is -2.25. The zero-order chi connectivity index (χ0) is 33.2. The SMILES string of the molecule is CC=CCCc1cnc(-c2ccc(-c3ccc(-c4cc(F)c(C(F)(F)Oc5cc(F)c(F)c(F)c5)c(F)c4)c(F)c3)c(F)c2)nc1. The lowest BCUT2D eigenvalue weighted by Gasteiger charge is -2.20. The van der Waals surface area contributed by atoms with E-state index in [0.717, 1.165) is 30.5 Å². The molecule has 0 amide bonds. The smallest absolute Gasteiger partial charge is 0.429 e. The first-order valence-corrected chi connectivity index (χ1v) is 13.6. The number of hydrogen-bond acceptors (Lipinski definition) is 3. The molecule has 0 aliphatic heterocycles. The van der Waals surface area contributed by atoms with Crippen LogP contribution in [0.25, 0.3) is 33.6 Å². The van der Waals surface area contributed by atoms with Gasteiger partial charge >= 0.3 is 6.11 Å². The highest BCUT2D eigenvalue weighted by Gasteiger charge is 2.41. The number of benzene rings is 4. The summed E-state index contributed by atoms with van der Waals surface area (Å²) >= 11 is 0. The van der Waals surface area contributed by atoms with E-state index in [0.29, 0.717) is 17.7 Å². The molecule has 0 aliphatic rings. The van der Waals surface area contributed by atoms with E-state index < -0.39 is 69.3 Å². The molecule has 236 valence electrons. The molecule has 3 nitrogen and oxygen atoms in total. The predicted octanol–water partition coefficient (Wildman–Crippen LogP) is 10.1. The Kier molecular flexibility index (Phi) is 9.17. The van der Waals surface area contributed by atoms with E-state index in [1.807, 2.05) is 19.1 Å². The molecule has 5 rings (SSSR count). The van der Waals surface area contributed by atoms with Gasteiger partial charge in [-0.1, -0.05) is 36.4 Å². The van der Waals surface area contributed by atoms with Gasteiger partial charge in [0.25, 0.3) is 0 Å². The summed E-state index contributed by atoms with van der Waals surface area (Å²) in [5.41, 5.74) is -1.48. The van der Waals surface area contributed by atoms with E-state index in [1.54, 1.807) is 18.5 Å². The lowest BCUT2D eigenvalue weighted by atomic mass is 9.97. The monoisotopic (exact) mass is 644 g/mol. The molecule has 0 fully saturated rings. The molecule has 0 saturated heterocycles.